The third kappa shape index (κ3) is 4.01. The Labute approximate surface area is 176 Å². The van der Waals surface area contributed by atoms with Gasteiger partial charge >= 0.3 is 0 Å². The van der Waals surface area contributed by atoms with Crippen molar-refractivity contribution in [1.82, 2.24) is 14.6 Å². The van der Waals surface area contributed by atoms with Crippen molar-refractivity contribution in [2.24, 2.45) is 0 Å². The van der Waals surface area contributed by atoms with Crippen LogP contribution in [-0.2, 0) is 4.79 Å². The zero-order valence-corrected chi connectivity index (χ0v) is 16.7. The largest absolute Gasteiger partial charge is 0.319 e. The fraction of sp³-hybridized carbons (Fsp3) is 0.0952. The lowest BCUT2D eigenvalue weighted by atomic mass is 10.1. The van der Waals surface area contributed by atoms with Crippen LogP contribution < -0.4 is 5.32 Å². The molecule has 0 saturated heterocycles. The molecule has 150 valence electrons. The number of benzene rings is 2. The summed E-state index contributed by atoms with van der Waals surface area (Å²) in [5, 5.41) is 22.3. The van der Waals surface area contributed by atoms with E-state index in [4.69, 9.17) is 0 Å². The van der Waals surface area contributed by atoms with Crippen LogP contribution in [0.2, 0.25) is 0 Å². The molecule has 2 heterocycles. The molecule has 30 heavy (non-hydrogen) atoms. The van der Waals surface area contributed by atoms with E-state index in [1.54, 1.807) is 23.5 Å². The zero-order valence-electron chi connectivity index (χ0n) is 15.9. The number of carbonyl (C=O) groups excluding carboxylic acids is 1. The zero-order chi connectivity index (χ0) is 21.1. The number of nitro benzene ring substituents is 1. The average molecular weight is 419 g/mol. The third-order valence-electron chi connectivity index (χ3n) is 4.45. The Balaban J connectivity index is 1.69. The molecule has 4 aromatic rings. The molecule has 0 saturated carbocycles. The van der Waals surface area contributed by atoms with Gasteiger partial charge in [0.25, 0.3) is 5.69 Å². The van der Waals surface area contributed by atoms with Gasteiger partial charge in [-0.25, -0.2) is 0 Å². The van der Waals surface area contributed by atoms with E-state index in [-0.39, 0.29) is 17.3 Å². The van der Waals surface area contributed by atoms with Gasteiger partial charge in [-0.2, -0.15) is 0 Å². The first-order valence-electron chi connectivity index (χ1n) is 9.10. The third-order valence-corrected chi connectivity index (χ3v) is 5.67. The Bertz CT molecular complexity index is 1230. The molecule has 0 radical (unpaired) electrons. The number of pyridine rings is 1. The number of rotatable bonds is 6. The molecule has 2 aromatic carbocycles. The molecular formula is C21H17N5O3S. The van der Waals surface area contributed by atoms with Gasteiger partial charge in [0.15, 0.2) is 10.8 Å². The molecule has 0 bridgehead atoms. The summed E-state index contributed by atoms with van der Waals surface area (Å²) in [4.78, 5) is 24.1. The van der Waals surface area contributed by atoms with E-state index < -0.39 is 10.2 Å². The van der Waals surface area contributed by atoms with Crippen molar-refractivity contribution in [3.63, 3.8) is 0 Å². The standard InChI is InChI=1S/C21H17N5O3S/c1-14-10-11-16(17(13-14)26(28)29)22-20(27)19(15-7-3-2-4-8-15)30-21-24-23-18-9-5-6-12-25(18)21/h2-13,19H,1H3,(H,22,27)/t19-/m0/s1. The average Bonchev–Trinajstić information content (AvgIpc) is 3.16. The second-order valence-electron chi connectivity index (χ2n) is 6.59. The molecule has 1 amide bonds. The summed E-state index contributed by atoms with van der Waals surface area (Å²) in [5.41, 5.74) is 2.17. The number of thioether (sulfide) groups is 1. The molecule has 0 fully saturated rings. The summed E-state index contributed by atoms with van der Waals surface area (Å²) in [6, 6.07) is 19.5. The van der Waals surface area contributed by atoms with Crippen molar-refractivity contribution in [3.8, 4) is 0 Å². The highest BCUT2D eigenvalue weighted by Crippen LogP contribution is 2.36. The maximum atomic E-state index is 13.2. The van der Waals surface area contributed by atoms with Crippen LogP contribution in [0, 0.1) is 17.0 Å². The van der Waals surface area contributed by atoms with Crippen molar-refractivity contribution >= 4 is 34.7 Å². The van der Waals surface area contributed by atoms with Crippen LogP contribution in [0.1, 0.15) is 16.4 Å². The number of hydrogen-bond acceptors (Lipinski definition) is 6. The van der Waals surface area contributed by atoms with Crippen molar-refractivity contribution in [1.29, 1.82) is 0 Å². The summed E-state index contributed by atoms with van der Waals surface area (Å²) in [6.45, 7) is 1.76. The van der Waals surface area contributed by atoms with Gasteiger partial charge in [0.2, 0.25) is 5.91 Å². The molecule has 0 aliphatic rings. The van der Waals surface area contributed by atoms with Gasteiger partial charge < -0.3 is 5.32 Å². The van der Waals surface area contributed by atoms with E-state index in [0.29, 0.717) is 10.8 Å². The summed E-state index contributed by atoms with van der Waals surface area (Å²) in [5.74, 6) is -0.383. The summed E-state index contributed by atoms with van der Waals surface area (Å²) < 4.78 is 1.79. The van der Waals surface area contributed by atoms with Crippen molar-refractivity contribution in [3.05, 3.63) is 94.2 Å². The van der Waals surface area contributed by atoms with Gasteiger partial charge in [-0.05, 0) is 36.2 Å². The second-order valence-corrected chi connectivity index (χ2v) is 7.66. The molecule has 1 N–H and O–H groups in total. The molecule has 2 aromatic heterocycles. The van der Waals surface area contributed by atoms with Crippen molar-refractivity contribution in [2.45, 2.75) is 17.3 Å². The highest BCUT2D eigenvalue weighted by atomic mass is 32.2. The molecule has 0 spiro atoms. The van der Waals surface area contributed by atoms with Crippen LogP contribution in [0.5, 0.6) is 0 Å². The van der Waals surface area contributed by atoms with Crippen LogP contribution in [0.15, 0.2) is 78.1 Å². The fourth-order valence-electron chi connectivity index (χ4n) is 3.00. The Morgan fingerprint density at radius 3 is 2.63 bits per heavy atom. The smallest absolute Gasteiger partial charge is 0.293 e. The van der Waals surface area contributed by atoms with Crippen molar-refractivity contribution < 1.29 is 9.72 Å². The van der Waals surface area contributed by atoms with Crippen LogP contribution >= 0.6 is 11.8 Å². The number of fused-ring (bicyclic) bond motifs is 1. The van der Waals surface area contributed by atoms with Gasteiger partial charge in [0.05, 0.1) is 4.92 Å². The monoisotopic (exact) mass is 419 g/mol. The number of nitro groups is 1. The van der Waals surface area contributed by atoms with Gasteiger partial charge in [-0.1, -0.05) is 54.2 Å². The van der Waals surface area contributed by atoms with Gasteiger partial charge in [-0.15, -0.1) is 10.2 Å². The number of nitrogens with zero attached hydrogens (tertiary/aromatic N) is 4. The van der Waals surface area contributed by atoms with E-state index >= 15 is 0 Å². The predicted molar refractivity (Wildman–Crippen MR) is 114 cm³/mol. The minimum atomic E-state index is -0.681. The first kappa shape index (κ1) is 19.6. The number of aryl methyl sites for hydroxylation is 1. The number of carbonyl (C=O) groups is 1. The topological polar surface area (TPSA) is 102 Å². The van der Waals surface area contributed by atoms with Crippen LogP contribution in [0.25, 0.3) is 5.65 Å². The van der Waals surface area contributed by atoms with Gasteiger partial charge in [0, 0.05) is 12.3 Å². The lowest BCUT2D eigenvalue weighted by molar-refractivity contribution is -0.384. The molecule has 1 atom stereocenters. The molecule has 0 unspecified atom stereocenters. The molecule has 0 aliphatic carbocycles. The van der Waals surface area contributed by atoms with Gasteiger partial charge in [0.1, 0.15) is 10.9 Å². The molecule has 4 rings (SSSR count). The number of anilines is 1. The number of aromatic nitrogens is 3. The van der Waals surface area contributed by atoms with E-state index in [9.17, 15) is 14.9 Å². The predicted octanol–water partition coefficient (Wildman–Crippen LogP) is 4.42. The SMILES string of the molecule is Cc1ccc(NC(=O)[C@@H](Sc2nnc3ccccn23)c2ccccc2)c([N+](=O)[O-])c1. The van der Waals surface area contributed by atoms with Gasteiger partial charge in [-0.3, -0.25) is 19.3 Å². The van der Waals surface area contributed by atoms with E-state index in [0.717, 1.165) is 11.1 Å². The molecule has 9 heteroatoms. The minimum absolute atomic E-state index is 0.145. The first-order chi connectivity index (χ1) is 14.5. The van der Waals surface area contributed by atoms with E-state index in [1.165, 1.54) is 17.8 Å². The summed E-state index contributed by atoms with van der Waals surface area (Å²) >= 11 is 1.23. The van der Waals surface area contributed by atoms with Crippen molar-refractivity contribution in [2.75, 3.05) is 5.32 Å². The fourth-order valence-corrected chi connectivity index (χ4v) is 4.03. The lowest BCUT2D eigenvalue weighted by Crippen LogP contribution is -2.20. The Morgan fingerprint density at radius 1 is 1.10 bits per heavy atom. The summed E-state index contributed by atoms with van der Waals surface area (Å²) in [7, 11) is 0. The quantitative estimate of drug-likeness (QED) is 0.282. The number of hydrogen-bond donors (Lipinski definition) is 1. The van der Waals surface area contributed by atoms with E-state index in [1.807, 2.05) is 54.7 Å². The highest BCUT2D eigenvalue weighted by Gasteiger charge is 2.26. The van der Waals surface area contributed by atoms with Crippen LogP contribution in [0.4, 0.5) is 11.4 Å². The summed E-state index contributed by atoms with van der Waals surface area (Å²) in [6.07, 6.45) is 1.82. The Morgan fingerprint density at radius 2 is 1.87 bits per heavy atom. The lowest BCUT2D eigenvalue weighted by Gasteiger charge is -2.16. The number of nitrogens with one attached hydrogen (secondary N) is 1. The maximum absolute atomic E-state index is 13.2. The highest BCUT2D eigenvalue weighted by molar-refractivity contribution is 8.00. The first-order valence-corrected chi connectivity index (χ1v) is 9.98. The molecule has 0 aliphatic heterocycles. The second kappa shape index (κ2) is 8.34. The normalized spacial score (nSPS) is 11.9. The molecular weight excluding hydrogens is 402 g/mol. The van der Waals surface area contributed by atoms with Crippen LogP contribution in [0.3, 0.4) is 0 Å². The minimum Gasteiger partial charge on any atom is -0.319 e. The Hall–Kier alpha value is -3.72. The number of amides is 1. The maximum Gasteiger partial charge on any atom is 0.293 e. The molecule has 8 nitrogen and oxygen atoms in total. The van der Waals surface area contributed by atoms with E-state index in [2.05, 4.69) is 15.5 Å². The van der Waals surface area contributed by atoms with Crippen LogP contribution in [-0.4, -0.2) is 25.4 Å². The Kier molecular flexibility index (Phi) is 5.44.